The Kier molecular flexibility index (Phi) is 6.47. The van der Waals surface area contributed by atoms with E-state index >= 15 is 0 Å². The van der Waals surface area contributed by atoms with Crippen molar-refractivity contribution in [3.8, 4) is 17.6 Å². The molecular weight excluding hydrogens is 388 g/mol. The van der Waals surface area contributed by atoms with E-state index < -0.39 is 25.4 Å². The van der Waals surface area contributed by atoms with E-state index in [1.54, 1.807) is 27.7 Å². The van der Waals surface area contributed by atoms with E-state index in [9.17, 15) is 18.4 Å². The summed E-state index contributed by atoms with van der Waals surface area (Å²) in [6.45, 7) is 7.03. The number of benzene rings is 1. The monoisotopic (exact) mass is 412 g/mol. The third-order valence-corrected chi connectivity index (χ3v) is 8.77. The van der Waals surface area contributed by atoms with Gasteiger partial charge in [0.15, 0.2) is 0 Å². The maximum absolute atomic E-state index is 13.5. The molecule has 148 valence electrons. The minimum atomic E-state index is -4.20. The lowest BCUT2D eigenvalue weighted by Crippen LogP contribution is -2.74. The van der Waals surface area contributed by atoms with Gasteiger partial charge >= 0.3 is 0 Å². The number of hydrogen-bond donors (Lipinski definition) is 3. The molecule has 0 radical (unpaired) electrons. The highest BCUT2D eigenvalue weighted by Gasteiger charge is 2.63. The van der Waals surface area contributed by atoms with Crippen LogP contribution in [0.1, 0.15) is 27.7 Å². The van der Waals surface area contributed by atoms with Gasteiger partial charge in [0.05, 0.1) is 9.64 Å². The average Bonchev–Trinajstić information content (AvgIpc) is 2.63. The zero-order valence-corrected chi connectivity index (χ0v) is 17.3. The molecule has 2 rings (SSSR count). The Balaban J connectivity index is 2.51. The highest BCUT2D eigenvalue weighted by molar-refractivity contribution is 8.02. The number of carbonyl (C=O) groups is 1. The van der Waals surface area contributed by atoms with E-state index in [1.165, 1.54) is 41.5 Å². The number of rotatable bonds is 5. The number of thioether (sulfide) groups is 1. The van der Waals surface area contributed by atoms with Crippen molar-refractivity contribution in [3.05, 3.63) is 24.3 Å². The summed E-state index contributed by atoms with van der Waals surface area (Å²) in [6.07, 6.45) is 0. The molecule has 1 amide bonds. The molecular formula is C18H24N2O5S2. The molecule has 0 saturated carbocycles. The maximum atomic E-state index is 13.5. The van der Waals surface area contributed by atoms with Gasteiger partial charge in [-0.2, -0.15) is 11.8 Å². The molecule has 9 heteroatoms. The van der Waals surface area contributed by atoms with Gasteiger partial charge in [0.25, 0.3) is 5.91 Å². The Morgan fingerprint density at radius 1 is 1.41 bits per heavy atom. The minimum absolute atomic E-state index is 0.0460. The second-order valence-corrected chi connectivity index (χ2v) is 10.4. The van der Waals surface area contributed by atoms with Crippen molar-refractivity contribution in [1.29, 1.82) is 0 Å². The van der Waals surface area contributed by atoms with Crippen LogP contribution in [0.5, 0.6) is 5.75 Å². The molecule has 0 aliphatic carbocycles. The van der Waals surface area contributed by atoms with Crippen molar-refractivity contribution >= 4 is 27.5 Å². The van der Waals surface area contributed by atoms with Gasteiger partial charge in [-0.3, -0.25) is 15.3 Å². The number of hydrogen-bond acceptors (Lipinski definition) is 7. The van der Waals surface area contributed by atoms with Crippen LogP contribution in [0.4, 0.5) is 0 Å². The van der Waals surface area contributed by atoms with Crippen LogP contribution < -0.4 is 15.5 Å². The van der Waals surface area contributed by atoms with Gasteiger partial charge in [0, 0.05) is 11.8 Å². The summed E-state index contributed by atoms with van der Waals surface area (Å²) in [5.41, 5.74) is 1.54. The van der Waals surface area contributed by atoms with Gasteiger partial charge in [-0.05, 0) is 52.0 Å². The number of hydroxylamine groups is 1. The molecule has 0 bridgehead atoms. The first-order valence-electron chi connectivity index (χ1n) is 8.35. The second-order valence-electron chi connectivity index (χ2n) is 6.68. The number of amides is 1. The fourth-order valence-electron chi connectivity index (χ4n) is 3.02. The molecule has 1 aliphatic rings. The third-order valence-electron chi connectivity index (χ3n) is 4.44. The first-order chi connectivity index (χ1) is 12.6. The smallest absolute Gasteiger partial charge is 0.281 e. The molecule has 0 unspecified atom stereocenters. The van der Waals surface area contributed by atoms with E-state index in [4.69, 9.17) is 4.74 Å². The number of sulfone groups is 1. The summed E-state index contributed by atoms with van der Waals surface area (Å²) in [6, 6.07) is 5.56. The Morgan fingerprint density at radius 3 is 2.59 bits per heavy atom. The highest BCUT2D eigenvalue weighted by Crippen LogP contribution is 2.45. The lowest BCUT2D eigenvalue weighted by molar-refractivity contribution is -0.134. The summed E-state index contributed by atoms with van der Waals surface area (Å²) in [5, 5.41) is 12.2. The topological polar surface area (TPSA) is 105 Å². The van der Waals surface area contributed by atoms with Crippen LogP contribution in [0.3, 0.4) is 0 Å². The standard InChI is InChI=1S/C18H24N2O5S2/c1-5-6-11-25-14-7-9-15(10-8-14)27(23,24)18(16(21)20-22)17(3,4)26-12-13(2)19-18/h7-10,13,19,22H,11-12H2,1-4H3,(H,20,21)/t13-,18+/m1/s1. The Bertz CT molecular complexity index is 856. The molecule has 2 atom stereocenters. The quantitative estimate of drug-likeness (QED) is 0.383. The van der Waals surface area contributed by atoms with Gasteiger partial charge in [0.1, 0.15) is 12.4 Å². The Labute approximate surface area is 164 Å². The summed E-state index contributed by atoms with van der Waals surface area (Å²) in [7, 11) is -4.20. The average molecular weight is 413 g/mol. The van der Waals surface area contributed by atoms with E-state index in [0.29, 0.717) is 11.5 Å². The van der Waals surface area contributed by atoms with Crippen molar-refractivity contribution in [2.24, 2.45) is 0 Å². The summed E-state index contributed by atoms with van der Waals surface area (Å²) < 4.78 is 31.4. The van der Waals surface area contributed by atoms with Gasteiger partial charge in [0.2, 0.25) is 14.7 Å². The van der Waals surface area contributed by atoms with E-state index in [2.05, 4.69) is 17.2 Å². The molecule has 1 aromatic carbocycles. The van der Waals surface area contributed by atoms with Crippen molar-refractivity contribution in [2.45, 2.75) is 48.3 Å². The van der Waals surface area contributed by atoms with Crippen molar-refractivity contribution in [3.63, 3.8) is 0 Å². The molecule has 3 N–H and O–H groups in total. The lowest BCUT2D eigenvalue weighted by atomic mass is 10.00. The van der Waals surface area contributed by atoms with Gasteiger partial charge in [-0.25, -0.2) is 13.9 Å². The first-order valence-corrected chi connectivity index (χ1v) is 10.8. The van der Waals surface area contributed by atoms with E-state index in [-0.39, 0.29) is 17.5 Å². The fourth-order valence-corrected chi connectivity index (χ4v) is 6.77. The Morgan fingerprint density at radius 2 is 2.04 bits per heavy atom. The molecule has 7 nitrogen and oxygen atoms in total. The molecule has 1 aromatic rings. The summed E-state index contributed by atoms with van der Waals surface area (Å²) in [5.74, 6) is 5.55. The van der Waals surface area contributed by atoms with Crippen LogP contribution >= 0.6 is 11.8 Å². The zero-order chi connectivity index (χ0) is 20.3. The molecule has 0 spiro atoms. The highest BCUT2D eigenvalue weighted by atomic mass is 32.2. The van der Waals surface area contributed by atoms with Crippen LogP contribution in [0.15, 0.2) is 29.2 Å². The summed E-state index contributed by atoms with van der Waals surface area (Å²) >= 11 is 1.36. The fraction of sp³-hybridized carbons (Fsp3) is 0.500. The van der Waals surface area contributed by atoms with Crippen LogP contribution in [-0.4, -0.2) is 47.6 Å². The SMILES string of the molecule is CC#CCOc1ccc(S(=O)(=O)[C@]2(C(=O)NO)N[C@H](C)CSC2(C)C)cc1. The minimum Gasteiger partial charge on any atom is -0.481 e. The number of carbonyl (C=O) groups excluding carboxylic acids is 1. The molecule has 1 saturated heterocycles. The van der Waals surface area contributed by atoms with E-state index in [1.807, 2.05) is 0 Å². The molecule has 1 heterocycles. The van der Waals surface area contributed by atoms with Gasteiger partial charge < -0.3 is 4.74 Å². The van der Waals surface area contributed by atoms with Crippen LogP contribution in [0.25, 0.3) is 0 Å². The van der Waals surface area contributed by atoms with Gasteiger partial charge in [-0.1, -0.05) is 5.92 Å². The van der Waals surface area contributed by atoms with Crippen LogP contribution in [0, 0.1) is 11.8 Å². The van der Waals surface area contributed by atoms with Crippen molar-refractivity contribution in [2.75, 3.05) is 12.4 Å². The molecule has 0 aromatic heterocycles. The van der Waals surface area contributed by atoms with Gasteiger partial charge in [-0.15, -0.1) is 5.92 Å². The molecule has 1 fully saturated rings. The number of ether oxygens (including phenoxy) is 1. The first kappa shape index (κ1) is 21.6. The second kappa shape index (κ2) is 8.10. The molecule has 1 aliphatic heterocycles. The van der Waals surface area contributed by atoms with Crippen LogP contribution in [-0.2, 0) is 14.6 Å². The lowest BCUT2D eigenvalue weighted by Gasteiger charge is -2.49. The van der Waals surface area contributed by atoms with Crippen molar-refractivity contribution < 1.29 is 23.2 Å². The number of nitrogens with one attached hydrogen (secondary N) is 2. The van der Waals surface area contributed by atoms with Crippen LogP contribution in [0.2, 0.25) is 0 Å². The predicted octanol–water partition coefficient (Wildman–Crippen LogP) is 1.57. The normalized spacial score (nSPS) is 24.4. The maximum Gasteiger partial charge on any atom is 0.281 e. The zero-order valence-electron chi connectivity index (χ0n) is 15.7. The van der Waals surface area contributed by atoms with E-state index in [0.717, 1.165) is 0 Å². The largest absolute Gasteiger partial charge is 0.481 e. The predicted molar refractivity (Wildman–Crippen MR) is 104 cm³/mol. The molecule has 27 heavy (non-hydrogen) atoms. The van der Waals surface area contributed by atoms with Crippen molar-refractivity contribution in [1.82, 2.24) is 10.8 Å². The summed E-state index contributed by atoms with van der Waals surface area (Å²) in [4.78, 5) is 10.6. The Hall–Kier alpha value is -1.73. The third kappa shape index (κ3) is 3.80.